The number of aryl methyl sites for hydroxylation is 2. The van der Waals surface area contributed by atoms with E-state index in [9.17, 15) is 9.59 Å². The smallest absolute Gasteiger partial charge is 0.261 e. The van der Waals surface area contributed by atoms with Crippen LogP contribution < -0.4 is 15.6 Å². The summed E-state index contributed by atoms with van der Waals surface area (Å²) in [4.78, 5) is 35.7. The summed E-state index contributed by atoms with van der Waals surface area (Å²) in [5.74, 6) is 1.86. The molecule has 0 bridgehead atoms. The molecule has 2 aromatic carbocycles. The molecule has 8 heteroatoms. The molecule has 0 saturated carbocycles. The number of fused-ring (bicyclic) bond motifs is 2. The van der Waals surface area contributed by atoms with E-state index in [1.54, 1.807) is 36.1 Å². The van der Waals surface area contributed by atoms with Crippen LogP contribution in [0.3, 0.4) is 0 Å². The van der Waals surface area contributed by atoms with Crippen molar-refractivity contribution in [2.24, 2.45) is 7.05 Å². The molecule has 3 heterocycles. The topological polar surface area (TPSA) is 91.0 Å². The normalized spacial score (nSPS) is 14.3. The van der Waals surface area contributed by atoms with Gasteiger partial charge in [0.1, 0.15) is 23.4 Å². The second-order valence-electron chi connectivity index (χ2n) is 8.57. The van der Waals surface area contributed by atoms with Gasteiger partial charge in [0, 0.05) is 43.5 Å². The van der Waals surface area contributed by atoms with Gasteiger partial charge in [0.2, 0.25) is 0 Å². The Labute approximate surface area is 197 Å². The number of benzene rings is 2. The van der Waals surface area contributed by atoms with Crippen LogP contribution in [0.15, 0.2) is 59.7 Å². The number of nitrogens with zero attached hydrogens (tertiary/aromatic N) is 4. The van der Waals surface area contributed by atoms with Gasteiger partial charge >= 0.3 is 0 Å². The predicted octanol–water partition coefficient (Wildman–Crippen LogP) is 3.38. The number of nitrogens with one attached hydrogen (secondary N) is 1. The number of hydrogen-bond acceptors (Lipinski definition) is 5. The van der Waals surface area contributed by atoms with Gasteiger partial charge in [-0.1, -0.05) is 24.6 Å². The maximum absolute atomic E-state index is 13.4. The number of ether oxygens (including phenoxy) is 1. The number of amides is 1. The summed E-state index contributed by atoms with van der Waals surface area (Å²) < 4.78 is 9.21. The molecular formula is C26H27N5O3. The molecule has 1 N–H and O–H groups in total. The van der Waals surface area contributed by atoms with E-state index in [1.807, 2.05) is 42.1 Å². The molecule has 1 atom stereocenters. The standard InChI is InChI=1S/C26H27N5O3/c1-30-15-13-27-24(30)23(19-8-5-6-9-21(19)34-2)29-25(32)17-11-12-18-20(16-17)28-22-10-4-3-7-14-31(22)26(18)33/h5-6,8-9,11-13,15-16,23H,3-4,7,10,14H2,1-2H3,(H,29,32). The van der Waals surface area contributed by atoms with Crippen molar-refractivity contribution in [2.45, 2.75) is 38.3 Å². The third-order valence-electron chi connectivity index (χ3n) is 6.42. The fraction of sp³-hybridized carbons (Fsp3) is 0.308. The minimum Gasteiger partial charge on any atom is -0.496 e. The Bertz CT molecular complexity index is 1420. The number of carbonyl (C=O) groups is 1. The van der Waals surface area contributed by atoms with Crippen molar-refractivity contribution >= 4 is 16.8 Å². The fourth-order valence-corrected chi connectivity index (χ4v) is 4.62. The van der Waals surface area contributed by atoms with Crippen LogP contribution in [0.5, 0.6) is 5.75 Å². The van der Waals surface area contributed by atoms with Crippen LogP contribution in [0.4, 0.5) is 0 Å². The second-order valence-corrected chi connectivity index (χ2v) is 8.57. The van der Waals surface area contributed by atoms with E-state index < -0.39 is 6.04 Å². The highest BCUT2D eigenvalue weighted by molar-refractivity contribution is 5.98. The summed E-state index contributed by atoms with van der Waals surface area (Å²) in [6.07, 6.45) is 7.40. The number of methoxy groups -OCH3 is 1. The lowest BCUT2D eigenvalue weighted by Gasteiger charge is -2.21. The Balaban J connectivity index is 1.53. The van der Waals surface area contributed by atoms with E-state index in [4.69, 9.17) is 9.72 Å². The number of rotatable bonds is 5. The first-order valence-corrected chi connectivity index (χ1v) is 11.5. The Morgan fingerprint density at radius 2 is 2.00 bits per heavy atom. The molecule has 1 aliphatic rings. The Morgan fingerprint density at radius 1 is 1.15 bits per heavy atom. The first-order chi connectivity index (χ1) is 16.6. The Morgan fingerprint density at radius 3 is 2.79 bits per heavy atom. The molecule has 5 rings (SSSR count). The SMILES string of the molecule is COc1ccccc1C(NC(=O)c1ccc2c(=O)n3c(nc2c1)CCCCC3)c1nccn1C. The van der Waals surface area contributed by atoms with Gasteiger partial charge in [-0.2, -0.15) is 0 Å². The van der Waals surface area contributed by atoms with E-state index in [0.717, 1.165) is 37.1 Å². The number of carbonyl (C=O) groups excluding carboxylic acids is 1. The third kappa shape index (κ3) is 3.96. The van der Waals surface area contributed by atoms with Crippen molar-refractivity contribution in [2.75, 3.05) is 7.11 Å². The molecule has 4 aromatic rings. The molecule has 0 spiro atoms. The molecule has 1 amide bonds. The van der Waals surface area contributed by atoms with Crippen molar-refractivity contribution in [1.82, 2.24) is 24.4 Å². The highest BCUT2D eigenvalue weighted by atomic mass is 16.5. The van der Waals surface area contributed by atoms with Gasteiger partial charge in [0.25, 0.3) is 11.5 Å². The van der Waals surface area contributed by atoms with Gasteiger partial charge in [-0.05, 0) is 37.1 Å². The zero-order chi connectivity index (χ0) is 23.7. The molecule has 0 fully saturated rings. The monoisotopic (exact) mass is 457 g/mol. The summed E-state index contributed by atoms with van der Waals surface area (Å²) in [5, 5.41) is 3.64. The van der Waals surface area contributed by atoms with Crippen LogP contribution in [0.1, 0.15) is 52.9 Å². The van der Waals surface area contributed by atoms with Gasteiger partial charge in [-0.25, -0.2) is 9.97 Å². The lowest BCUT2D eigenvalue weighted by atomic mass is 10.0. The predicted molar refractivity (Wildman–Crippen MR) is 129 cm³/mol. The van der Waals surface area contributed by atoms with Crippen molar-refractivity contribution in [3.63, 3.8) is 0 Å². The average molecular weight is 458 g/mol. The molecule has 34 heavy (non-hydrogen) atoms. The van der Waals surface area contributed by atoms with E-state index >= 15 is 0 Å². The first-order valence-electron chi connectivity index (χ1n) is 11.5. The minimum absolute atomic E-state index is 0.0335. The van der Waals surface area contributed by atoms with Crippen molar-refractivity contribution in [1.29, 1.82) is 0 Å². The number of hydrogen-bond donors (Lipinski definition) is 1. The largest absolute Gasteiger partial charge is 0.496 e. The minimum atomic E-state index is -0.523. The molecular weight excluding hydrogens is 430 g/mol. The Hall–Kier alpha value is -3.94. The summed E-state index contributed by atoms with van der Waals surface area (Å²) >= 11 is 0. The number of para-hydroxylation sites is 1. The number of aromatic nitrogens is 4. The van der Waals surface area contributed by atoms with Crippen LogP contribution in [0, 0.1) is 0 Å². The third-order valence-corrected chi connectivity index (χ3v) is 6.42. The van der Waals surface area contributed by atoms with Gasteiger partial charge in [-0.15, -0.1) is 0 Å². The van der Waals surface area contributed by atoms with Crippen molar-refractivity contribution in [3.8, 4) is 5.75 Å². The molecule has 1 aliphatic heterocycles. The zero-order valence-electron chi connectivity index (χ0n) is 19.3. The average Bonchev–Trinajstić information content (AvgIpc) is 3.13. The highest BCUT2D eigenvalue weighted by Crippen LogP contribution is 2.29. The van der Waals surface area contributed by atoms with Crippen molar-refractivity contribution in [3.05, 3.63) is 88.0 Å². The van der Waals surface area contributed by atoms with E-state index in [-0.39, 0.29) is 11.5 Å². The molecule has 1 unspecified atom stereocenters. The van der Waals surface area contributed by atoms with Gasteiger partial charge in [-0.3, -0.25) is 14.2 Å². The highest BCUT2D eigenvalue weighted by Gasteiger charge is 2.25. The molecule has 0 aliphatic carbocycles. The summed E-state index contributed by atoms with van der Waals surface area (Å²) in [7, 11) is 3.49. The van der Waals surface area contributed by atoms with Crippen molar-refractivity contribution < 1.29 is 9.53 Å². The maximum Gasteiger partial charge on any atom is 0.261 e. The van der Waals surface area contributed by atoms with Crippen LogP contribution in [-0.4, -0.2) is 32.1 Å². The van der Waals surface area contributed by atoms with E-state index in [2.05, 4.69) is 10.3 Å². The quantitative estimate of drug-likeness (QED) is 0.496. The second kappa shape index (κ2) is 9.13. The van der Waals surface area contributed by atoms with E-state index in [0.29, 0.717) is 34.6 Å². The first kappa shape index (κ1) is 21.9. The Kier molecular flexibility index (Phi) is 5.88. The molecule has 0 radical (unpaired) electrons. The molecule has 2 aromatic heterocycles. The van der Waals surface area contributed by atoms with E-state index in [1.165, 1.54) is 0 Å². The van der Waals surface area contributed by atoms with Gasteiger partial charge in [0.05, 0.1) is 18.0 Å². The number of imidazole rings is 1. The summed E-state index contributed by atoms with van der Waals surface area (Å²) in [5.41, 5.74) is 1.76. The maximum atomic E-state index is 13.4. The molecule has 174 valence electrons. The van der Waals surface area contributed by atoms with Crippen LogP contribution in [0.2, 0.25) is 0 Å². The lowest BCUT2D eigenvalue weighted by molar-refractivity contribution is 0.0941. The van der Waals surface area contributed by atoms with Crippen LogP contribution in [0.25, 0.3) is 10.9 Å². The van der Waals surface area contributed by atoms with Gasteiger partial charge < -0.3 is 14.6 Å². The van der Waals surface area contributed by atoms with Crippen LogP contribution >= 0.6 is 0 Å². The van der Waals surface area contributed by atoms with Gasteiger partial charge in [0.15, 0.2) is 0 Å². The lowest BCUT2D eigenvalue weighted by Crippen LogP contribution is -2.31. The molecule has 8 nitrogen and oxygen atoms in total. The summed E-state index contributed by atoms with van der Waals surface area (Å²) in [6.45, 7) is 0.698. The fourth-order valence-electron chi connectivity index (χ4n) is 4.62. The zero-order valence-corrected chi connectivity index (χ0v) is 19.3. The van der Waals surface area contributed by atoms with Crippen LogP contribution in [-0.2, 0) is 20.0 Å². The summed E-state index contributed by atoms with van der Waals surface area (Å²) in [6, 6.07) is 12.1. The molecule has 0 saturated heterocycles.